The second-order valence-electron chi connectivity index (χ2n) is 9.07. The summed E-state index contributed by atoms with van der Waals surface area (Å²) in [5.74, 6) is 1.08. The Morgan fingerprint density at radius 2 is 1.97 bits per heavy atom. The van der Waals surface area contributed by atoms with Gasteiger partial charge in [0, 0.05) is 30.1 Å². The molecular formula is C25H30N4O2. The number of nitrogens with zero attached hydrogens (tertiary/aromatic N) is 3. The molecule has 5 rings (SSSR count). The van der Waals surface area contributed by atoms with Crippen LogP contribution in [0.1, 0.15) is 56.1 Å². The average molecular weight is 419 g/mol. The van der Waals surface area contributed by atoms with Gasteiger partial charge in [0.2, 0.25) is 0 Å². The van der Waals surface area contributed by atoms with Crippen LogP contribution in [-0.2, 0) is 12.8 Å². The van der Waals surface area contributed by atoms with Crippen LogP contribution in [0.3, 0.4) is 0 Å². The first kappa shape index (κ1) is 20.1. The van der Waals surface area contributed by atoms with E-state index >= 15 is 0 Å². The number of aryl methyl sites for hydroxylation is 1. The van der Waals surface area contributed by atoms with Crippen molar-refractivity contribution in [3.8, 4) is 0 Å². The van der Waals surface area contributed by atoms with Gasteiger partial charge in [-0.1, -0.05) is 30.3 Å². The van der Waals surface area contributed by atoms with E-state index in [1.807, 2.05) is 19.1 Å². The van der Waals surface area contributed by atoms with E-state index in [4.69, 9.17) is 4.98 Å². The summed E-state index contributed by atoms with van der Waals surface area (Å²) >= 11 is 0. The van der Waals surface area contributed by atoms with Crippen molar-refractivity contribution < 1.29 is 9.90 Å². The van der Waals surface area contributed by atoms with Crippen molar-refractivity contribution in [3.05, 3.63) is 59.4 Å². The highest BCUT2D eigenvalue weighted by molar-refractivity contribution is 5.94. The third-order valence-electron chi connectivity index (χ3n) is 6.90. The van der Waals surface area contributed by atoms with Gasteiger partial charge < -0.3 is 15.0 Å². The molecule has 1 saturated heterocycles. The van der Waals surface area contributed by atoms with Crippen LogP contribution in [-0.4, -0.2) is 39.4 Å². The summed E-state index contributed by atoms with van der Waals surface area (Å²) in [6, 6.07) is 15.4. The van der Waals surface area contributed by atoms with E-state index in [0.29, 0.717) is 12.1 Å². The maximum Gasteiger partial charge on any atom is 0.412 e. The van der Waals surface area contributed by atoms with Crippen molar-refractivity contribution >= 4 is 22.8 Å². The number of carboxylic acid groups (broad SMARTS) is 1. The molecule has 3 heterocycles. The lowest BCUT2D eigenvalue weighted by Gasteiger charge is -2.33. The van der Waals surface area contributed by atoms with Gasteiger partial charge in [-0.2, -0.15) is 0 Å². The number of anilines is 1. The lowest BCUT2D eigenvalue weighted by Crippen LogP contribution is -2.41. The fourth-order valence-electron chi connectivity index (χ4n) is 5.39. The van der Waals surface area contributed by atoms with Crippen LogP contribution in [0, 0.1) is 0 Å². The molecule has 0 saturated carbocycles. The van der Waals surface area contributed by atoms with Gasteiger partial charge in [0.15, 0.2) is 0 Å². The molecule has 0 bridgehead atoms. The number of imidazole rings is 1. The SMILES string of the molecule is C[C@H]1C[C@@H](n2c(Cc3ccccc3)nc3c4c(ccc32)N(C(=O)O)[C@@H](C)CC4)CCN1. The number of nitrogens with one attached hydrogen (secondary N) is 1. The standard InChI is InChI=1S/C25H30N4O2/c1-16-14-19(12-13-26-16)29-22-11-10-21-20(9-8-17(2)28(21)25(30)31)24(22)27-23(29)15-18-6-4-3-5-7-18/h3-7,10-11,16-17,19,26H,8-9,12-15H2,1-2H3,(H,30,31)/t16-,17-,19-/m0/s1. The normalized spacial score (nSPS) is 23.7. The van der Waals surface area contributed by atoms with Gasteiger partial charge >= 0.3 is 6.09 Å². The van der Waals surface area contributed by atoms with Gasteiger partial charge in [0.25, 0.3) is 0 Å². The molecule has 162 valence electrons. The Labute approximate surface area is 182 Å². The van der Waals surface area contributed by atoms with Crippen LogP contribution in [0.5, 0.6) is 0 Å². The largest absolute Gasteiger partial charge is 0.465 e. The predicted molar refractivity (Wildman–Crippen MR) is 123 cm³/mol. The molecule has 1 fully saturated rings. The molecule has 3 aromatic rings. The summed E-state index contributed by atoms with van der Waals surface area (Å²) in [4.78, 5) is 18.6. The highest BCUT2D eigenvalue weighted by atomic mass is 16.4. The molecule has 3 atom stereocenters. The third kappa shape index (κ3) is 3.59. The number of aromatic nitrogens is 2. The molecule has 2 aromatic carbocycles. The lowest BCUT2D eigenvalue weighted by atomic mass is 9.95. The molecule has 0 radical (unpaired) electrons. The summed E-state index contributed by atoms with van der Waals surface area (Å²) in [6.45, 7) is 5.23. The Morgan fingerprint density at radius 3 is 2.71 bits per heavy atom. The molecular weight excluding hydrogens is 388 g/mol. The maximum absolute atomic E-state index is 12.0. The first-order chi connectivity index (χ1) is 15.0. The molecule has 2 aliphatic rings. The average Bonchev–Trinajstić information content (AvgIpc) is 3.12. The first-order valence-corrected chi connectivity index (χ1v) is 11.3. The minimum atomic E-state index is -0.885. The van der Waals surface area contributed by atoms with E-state index in [1.165, 1.54) is 10.5 Å². The summed E-state index contributed by atoms with van der Waals surface area (Å²) in [5, 5.41) is 13.4. The van der Waals surface area contributed by atoms with Gasteiger partial charge in [-0.3, -0.25) is 4.90 Å². The van der Waals surface area contributed by atoms with Gasteiger partial charge in [-0.15, -0.1) is 0 Å². The number of benzene rings is 2. The molecule has 0 unspecified atom stereocenters. The van der Waals surface area contributed by atoms with E-state index < -0.39 is 6.09 Å². The molecule has 31 heavy (non-hydrogen) atoms. The molecule has 1 amide bonds. The highest BCUT2D eigenvalue weighted by Crippen LogP contribution is 2.38. The summed E-state index contributed by atoms with van der Waals surface area (Å²) < 4.78 is 2.45. The Balaban J connectivity index is 1.67. The fraction of sp³-hybridized carbons (Fsp3) is 0.440. The van der Waals surface area contributed by atoms with Crippen LogP contribution < -0.4 is 10.2 Å². The van der Waals surface area contributed by atoms with E-state index in [0.717, 1.165) is 66.8 Å². The van der Waals surface area contributed by atoms with Gasteiger partial charge in [0.05, 0.1) is 16.7 Å². The van der Waals surface area contributed by atoms with E-state index in [2.05, 4.69) is 47.1 Å². The predicted octanol–water partition coefficient (Wildman–Crippen LogP) is 4.76. The zero-order valence-corrected chi connectivity index (χ0v) is 18.2. The number of rotatable bonds is 3. The van der Waals surface area contributed by atoms with Crippen LogP contribution in [0.15, 0.2) is 42.5 Å². The number of fused-ring (bicyclic) bond motifs is 3. The molecule has 6 heteroatoms. The van der Waals surface area contributed by atoms with Gasteiger partial charge in [-0.05, 0) is 63.8 Å². The van der Waals surface area contributed by atoms with E-state index in [-0.39, 0.29) is 6.04 Å². The number of amides is 1. The Kier molecular flexibility index (Phi) is 5.18. The van der Waals surface area contributed by atoms with Crippen LogP contribution in [0.25, 0.3) is 11.0 Å². The number of piperidine rings is 1. The van der Waals surface area contributed by atoms with Crippen molar-refractivity contribution in [2.24, 2.45) is 0 Å². The smallest absolute Gasteiger partial charge is 0.412 e. The van der Waals surface area contributed by atoms with E-state index in [1.54, 1.807) is 0 Å². The first-order valence-electron chi connectivity index (χ1n) is 11.3. The number of hydrogen-bond acceptors (Lipinski definition) is 3. The second-order valence-corrected chi connectivity index (χ2v) is 9.07. The lowest BCUT2D eigenvalue weighted by molar-refractivity contribution is 0.198. The Hall–Kier alpha value is -2.86. The van der Waals surface area contributed by atoms with Crippen molar-refractivity contribution in [2.45, 2.75) is 64.1 Å². The molecule has 0 spiro atoms. The summed E-state index contributed by atoms with van der Waals surface area (Å²) in [7, 11) is 0. The number of carbonyl (C=O) groups is 1. The molecule has 2 aliphatic heterocycles. The van der Waals surface area contributed by atoms with Crippen molar-refractivity contribution in [2.75, 3.05) is 11.4 Å². The minimum absolute atomic E-state index is 0.0152. The molecule has 2 N–H and O–H groups in total. The second kappa shape index (κ2) is 8.00. The van der Waals surface area contributed by atoms with Crippen molar-refractivity contribution in [3.63, 3.8) is 0 Å². The molecule has 1 aromatic heterocycles. The van der Waals surface area contributed by atoms with Gasteiger partial charge in [0.1, 0.15) is 5.82 Å². The van der Waals surface area contributed by atoms with E-state index in [9.17, 15) is 9.90 Å². The molecule has 0 aliphatic carbocycles. The topological polar surface area (TPSA) is 70.4 Å². The van der Waals surface area contributed by atoms with Crippen LogP contribution >= 0.6 is 0 Å². The highest BCUT2D eigenvalue weighted by Gasteiger charge is 2.32. The van der Waals surface area contributed by atoms with Crippen molar-refractivity contribution in [1.82, 2.24) is 14.9 Å². The van der Waals surface area contributed by atoms with Crippen LogP contribution in [0.4, 0.5) is 10.5 Å². The summed E-state index contributed by atoms with van der Waals surface area (Å²) in [6.07, 6.45) is 3.73. The maximum atomic E-state index is 12.0. The molecule has 6 nitrogen and oxygen atoms in total. The summed E-state index contributed by atoms with van der Waals surface area (Å²) in [5.41, 5.74) is 5.24. The van der Waals surface area contributed by atoms with Gasteiger partial charge in [-0.25, -0.2) is 9.78 Å². The Bertz CT molecular complexity index is 1110. The third-order valence-corrected chi connectivity index (χ3v) is 6.90. The zero-order valence-electron chi connectivity index (χ0n) is 18.2. The minimum Gasteiger partial charge on any atom is -0.465 e. The monoisotopic (exact) mass is 418 g/mol. The Morgan fingerprint density at radius 1 is 1.16 bits per heavy atom. The quantitative estimate of drug-likeness (QED) is 0.643. The fourth-order valence-corrected chi connectivity index (χ4v) is 5.39. The van der Waals surface area contributed by atoms with Crippen LogP contribution in [0.2, 0.25) is 0 Å². The van der Waals surface area contributed by atoms with Crippen molar-refractivity contribution in [1.29, 1.82) is 0 Å². The number of hydrogen-bond donors (Lipinski definition) is 2. The zero-order chi connectivity index (χ0) is 21.5.